The molecule has 0 saturated carbocycles. The average molecular weight is 200 g/mol. The maximum absolute atomic E-state index is 11.2. The summed E-state index contributed by atoms with van der Waals surface area (Å²) in [5.74, 6) is -2.00. The summed E-state index contributed by atoms with van der Waals surface area (Å²) in [6, 6.07) is 0. The number of primary amides is 2. The molecule has 5 nitrogen and oxygen atoms in total. The maximum atomic E-state index is 11.2. The van der Waals surface area contributed by atoms with Gasteiger partial charge in [0.25, 0.3) is 0 Å². The molecule has 0 aliphatic heterocycles. The Morgan fingerprint density at radius 2 is 1.79 bits per heavy atom. The van der Waals surface area contributed by atoms with Crippen LogP contribution in [0, 0.1) is 5.92 Å². The summed E-state index contributed by atoms with van der Waals surface area (Å²) in [5, 5.41) is 0. The van der Waals surface area contributed by atoms with E-state index in [9.17, 15) is 14.4 Å². The summed E-state index contributed by atoms with van der Waals surface area (Å²) in [6.45, 7) is 1.67. The van der Waals surface area contributed by atoms with Gasteiger partial charge in [-0.2, -0.15) is 0 Å². The lowest BCUT2D eigenvalue weighted by molar-refractivity contribution is -0.132. The van der Waals surface area contributed by atoms with Crippen molar-refractivity contribution in [2.24, 2.45) is 17.4 Å². The summed E-state index contributed by atoms with van der Waals surface area (Å²) in [5.41, 5.74) is 9.98. The first-order valence-electron chi connectivity index (χ1n) is 4.59. The second kappa shape index (κ2) is 6.12. The van der Waals surface area contributed by atoms with Crippen molar-refractivity contribution in [2.75, 3.05) is 0 Å². The van der Waals surface area contributed by atoms with Crippen LogP contribution in [0.4, 0.5) is 0 Å². The lowest BCUT2D eigenvalue weighted by Gasteiger charge is -2.09. The van der Waals surface area contributed by atoms with Gasteiger partial charge in [-0.3, -0.25) is 14.4 Å². The average Bonchev–Trinajstić information content (AvgIpc) is 2.10. The predicted molar refractivity (Wildman–Crippen MR) is 51.0 cm³/mol. The van der Waals surface area contributed by atoms with Crippen molar-refractivity contribution in [1.82, 2.24) is 0 Å². The minimum absolute atomic E-state index is 0.179. The lowest BCUT2D eigenvalue weighted by atomic mass is 9.95. The molecule has 0 saturated heterocycles. The molecule has 0 aromatic rings. The van der Waals surface area contributed by atoms with Crippen LogP contribution in [0.2, 0.25) is 0 Å². The van der Waals surface area contributed by atoms with Gasteiger partial charge in [0.05, 0.1) is 5.92 Å². The molecule has 1 atom stereocenters. The smallest absolute Gasteiger partial charge is 0.227 e. The summed E-state index contributed by atoms with van der Waals surface area (Å²) in [7, 11) is 0. The third kappa shape index (κ3) is 4.59. The molecule has 0 spiro atoms. The van der Waals surface area contributed by atoms with Crippen molar-refractivity contribution >= 4 is 17.6 Å². The van der Waals surface area contributed by atoms with Gasteiger partial charge in [-0.15, -0.1) is 0 Å². The summed E-state index contributed by atoms with van der Waals surface area (Å²) in [4.78, 5) is 32.5. The van der Waals surface area contributed by atoms with Crippen LogP contribution in [0.5, 0.6) is 0 Å². The molecule has 0 fully saturated rings. The Morgan fingerprint density at radius 3 is 2.14 bits per heavy atom. The lowest BCUT2D eigenvalue weighted by Crippen LogP contribution is -2.30. The Morgan fingerprint density at radius 1 is 1.21 bits per heavy atom. The zero-order valence-corrected chi connectivity index (χ0v) is 8.29. The van der Waals surface area contributed by atoms with E-state index < -0.39 is 17.7 Å². The molecular weight excluding hydrogens is 184 g/mol. The second-order valence-electron chi connectivity index (χ2n) is 3.13. The molecule has 0 aliphatic rings. The number of amides is 2. The Hall–Kier alpha value is -1.39. The number of carbonyl (C=O) groups excluding carboxylic acids is 3. The van der Waals surface area contributed by atoms with Crippen LogP contribution in [0.3, 0.4) is 0 Å². The fraction of sp³-hybridized carbons (Fsp3) is 0.667. The first kappa shape index (κ1) is 12.6. The van der Waals surface area contributed by atoms with Crippen LogP contribution in [-0.4, -0.2) is 17.6 Å². The van der Waals surface area contributed by atoms with E-state index in [2.05, 4.69) is 0 Å². The van der Waals surface area contributed by atoms with Crippen LogP contribution in [0.1, 0.15) is 32.6 Å². The van der Waals surface area contributed by atoms with Crippen molar-refractivity contribution < 1.29 is 14.4 Å². The fourth-order valence-electron chi connectivity index (χ4n) is 1.19. The van der Waals surface area contributed by atoms with E-state index in [0.717, 1.165) is 0 Å². The van der Waals surface area contributed by atoms with Crippen molar-refractivity contribution in [3.63, 3.8) is 0 Å². The fourth-order valence-corrected chi connectivity index (χ4v) is 1.19. The number of hydrogen-bond donors (Lipinski definition) is 2. The summed E-state index contributed by atoms with van der Waals surface area (Å²) >= 11 is 0. The number of carbonyl (C=O) groups is 3. The van der Waals surface area contributed by atoms with E-state index in [1.807, 2.05) is 0 Å². The summed E-state index contributed by atoms with van der Waals surface area (Å²) < 4.78 is 0. The van der Waals surface area contributed by atoms with Crippen LogP contribution in [0.15, 0.2) is 0 Å². The monoisotopic (exact) mass is 200 g/mol. The van der Waals surface area contributed by atoms with Crippen molar-refractivity contribution in [3.05, 3.63) is 0 Å². The van der Waals surface area contributed by atoms with Crippen molar-refractivity contribution in [1.29, 1.82) is 0 Å². The molecule has 14 heavy (non-hydrogen) atoms. The van der Waals surface area contributed by atoms with Crippen LogP contribution in [-0.2, 0) is 14.4 Å². The van der Waals surface area contributed by atoms with E-state index in [4.69, 9.17) is 11.5 Å². The van der Waals surface area contributed by atoms with Crippen molar-refractivity contribution in [2.45, 2.75) is 32.6 Å². The second-order valence-corrected chi connectivity index (χ2v) is 3.13. The maximum Gasteiger partial charge on any atom is 0.227 e. The first-order chi connectivity index (χ1) is 6.49. The molecule has 5 heteroatoms. The zero-order chi connectivity index (χ0) is 11.1. The van der Waals surface area contributed by atoms with Crippen LogP contribution < -0.4 is 11.5 Å². The highest BCUT2D eigenvalue weighted by atomic mass is 16.2. The molecule has 4 N–H and O–H groups in total. The normalized spacial score (nSPS) is 12.1. The van der Waals surface area contributed by atoms with E-state index in [1.54, 1.807) is 6.92 Å². The third-order valence-electron chi connectivity index (χ3n) is 2.00. The van der Waals surface area contributed by atoms with Crippen LogP contribution in [0.25, 0.3) is 0 Å². The number of nitrogens with two attached hydrogens (primary N) is 2. The van der Waals surface area contributed by atoms with Gasteiger partial charge < -0.3 is 11.5 Å². The molecule has 1 unspecified atom stereocenters. The van der Waals surface area contributed by atoms with Gasteiger partial charge in [0.15, 0.2) is 0 Å². The Kier molecular flexibility index (Phi) is 5.52. The molecule has 2 amide bonds. The van der Waals surface area contributed by atoms with Gasteiger partial charge >= 0.3 is 0 Å². The quantitative estimate of drug-likeness (QED) is 0.552. The van der Waals surface area contributed by atoms with Gasteiger partial charge in [-0.05, 0) is 12.8 Å². The highest BCUT2D eigenvalue weighted by Crippen LogP contribution is 2.11. The third-order valence-corrected chi connectivity index (χ3v) is 2.00. The van der Waals surface area contributed by atoms with E-state index in [0.29, 0.717) is 12.8 Å². The number of ketones is 1. The first-order valence-corrected chi connectivity index (χ1v) is 4.59. The molecule has 0 heterocycles. The Labute approximate surface area is 82.8 Å². The molecule has 80 valence electrons. The molecule has 0 rings (SSSR count). The van der Waals surface area contributed by atoms with Gasteiger partial charge in [0, 0.05) is 12.8 Å². The number of rotatable bonds is 7. The van der Waals surface area contributed by atoms with Gasteiger partial charge in [0.1, 0.15) is 5.78 Å². The summed E-state index contributed by atoms with van der Waals surface area (Å²) in [6.07, 6.45) is 1.20. The minimum atomic E-state index is -0.764. The van der Waals surface area contributed by atoms with E-state index in [1.165, 1.54) is 0 Å². The topological polar surface area (TPSA) is 103 Å². The standard InChI is InChI=1S/C9H16N2O3/c1-2-7(12)6(9(11)14)4-3-5-8(10)13/h6H,2-5H2,1H3,(H2,10,13)(H2,11,14). The van der Waals surface area contributed by atoms with Crippen molar-refractivity contribution in [3.8, 4) is 0 Å². The Balaban J connectivity index is 4.05. The SMILES string of the molecule is CCC(=O)C(CCCC(N)=O)C(N)=O. The number of hydrogen-bond acceptors (Lipinski definition) is 3. The van der Waals surface area contributed by atoms with Gasteiger partial charge in [-0.25, -0.2) is 0 Å². The van der Waals surface area contributed by atoms with Gasteiger partial charge in [0.2, 0.25) is 11.8 Å². The highest BCUT2D eigenvalue weighted by molar-refractivity contribution is 6.00. The van der Waals surface area contributed by atoms with Gasteiger partial charge in [-0.1, -0.05) is 6.92 Å². The number of Topliss-reactive ketones (excluding diaryl/α,β-unsaturated/α-hetero) is 1. The van der Waals surface area contributed by atoms with Crippen LogP contribution >= 0.6 is 0 Å². The minimum Gasteiger partial charge on any atom is -0.370 e. The molecule has 0 radical (unpaired) electrons. The predicted octanol–water partition coefficient (Wildman–Crippen LogP) is -0.277. The molecule has 0 aliphatic carbocycles. The zero-order valence-electron chi connectivity index (χ0n) is 8.29. The molecular formula is C9H16N2O3. The molecule has 0 bridgehead atoms. The molecule has 0 aromatic heterocycles. The van der Waals surface area contributed by atoms with E-state index in [-0.39, 0.29) is 18.6 Å². The largest absolute Gasteiger partial charge is 0.370 e. The van der Waals surface area contributed by atoms with E-state index >= 15 is 0 Å². The molecule has 0 aromatic carbocycles. The Bertz CT molecular complexity index is 238. The highest BCUT2D eigenvalue weighted by Gasteiger charge is 2.21.